The van der Waals surface area contributed by atoms with E-state index in [1.54, 1.807) is 30.6 Å². The van der Waals surface area contributed by atoms with Crippen molar-refractivity contribution in [2.45, 2.75) is 44.6 Å². The highest BCUT2D eigenvalue weighted by Crippen LogP contribution is 2.34. The zero-order valence-electron chi connectivity index (χ0n) is 16.1. The topological polar surface area (TPSA) is 89.2 Å². The van der Waals surface area contributed by atoms with Crippen LogP contribution in [0.1, 0.15) is 59.9 Å². The van der Waals surface area contributed by atoms with Gasteiger partial charge < -0.3 is 9.88 Å². The third kappa shape index (κ3) is 4.23. The van der Waals surface area contributed by atoms with Gasteiger partial charge in [-0.05, 0) is 48.4 Å². The van der Waals surface area contributed by atoms with Gasteiger partial charge in [0.1, 0.15) is 11.5 Å². The Morgan fingerprint density at radius 1 is 1.10 bits per heavy atom. The Labute approximate surface area is 169 Å². The minimum absolute atomic E-state index is 0.228. The Bertz CT molecular complexity index is 993. The summed E-state index contributed by atoms with van der Waals surface area (Å²) in [6.45, 7) is 0.334. The van der Waals surface area contributed by atoms with Gasteiger partial charge in [0.05, 0.1) is 17.9 Å². The third-order valence-corrected chi connectivity index (χ3v) is 5.39. The number of hydrogen-bond donors (Lipinski definition) is 1. The second-order valence-corrected chi connectivity index (χ2v) is 7.29. The van der Waals surface area contributed by atoms with Crippen LogP contribution >= 0.6 is 0 Å². The Morgan fingerprint density at radius 2 is 1.97 bits per heavy atom. The lowest BCUT2D eigenvalue weighted by molar-refractivity contribution is 0.0950. The van der Waals surface area contributed by atoms with Crippen molar-refractivity contribution >= 4 is 11.6 Å². The maximum atomic E-state index is 12.7. The molecule has 148 valence electrons. The molecule has 0 atom stereocenters. The van der Waals surface area contributed by atoms with Gasteiger partial charge in [-0.25, -0.2) is 4.98 Å². The van der Waals surface area contributed by atoms with Gasteiger partial charge in [-0.1, -0.05) is 25.3 Å². The van der Waals surface area contributed by atoms with E-state index < -0.39 is 0 Å². The molecule has 1 N–H and O–H groups in total. The van der Waals surface area contributed by atoms with Crippen molar-refractivity contribution in [3.8, 4) is 5.69 Å². The van der Waals surface area contributed by atoms with E-state index >= 15 is 0 Å². The summed E-state index contributed by atoms with van der Waals surface area (Å²) in [5.74, 6) is 1.06. The second-order valence-electron chi connectivity index (χ2n) is 7.29. The van der Waals surface area contributed by atoms with Crippen molar-refractivity contribution in [2.24, 2.45) is 5.18 Å². The van der Waals surface area contributed by atoms with E-state index in [-0.39, 0.29) is 5.91 Å². The number of pyridine rings is 1. The standard InChI is InChI=1S/C22H23N5O2/c28-22(25-15-18-8-4-5-11-23-18)17-9-10-19(26-29)20(14-17)27-13-12-24-21(27)16-6-2-1-3-7-16/h4-5,8-14,16H,1-3,6-7,15H2,(H,25,28). The Morgan fingerprint density at radius 3 is 2.72 bits per heavy atom. The van der Waals surface area contributed by atoms with Crippen molar-refractivity contribution in [3.05, 3.63) is 77.0 Å². The van der Waals surface area contributed by atoms with Crippen LogP contribution in [0.4, 0.5) is 5.69 Å². The van der Waals surface area contributed by atoms with Gasteiger partial charge in [0.15, 0.2) is 0 Å². The van der Waals surface area contributed by atoms with Gasteiger partial charge in [0.25, 0.3) is 5.91 Å². The number of rotatable bonds is 6. The van der Waals surface area contributed by atoms with Gasteiger partial charge in [-0.15, -0.1) is 4.91 Å². The van der Waals surface area contributed by atoms with Crippen molar-refractivity contribution in [1.29, 1.82) is 0 Å². The molecule has 3 aromatic rings. The zero-order valence-corrected chi connectivity index (χ0v) is 16.1. The molecule has 29 heavy (non-hydrogen) atoms. The lowest BCUT2D eigenvalue weighted by Crippen LogP contribution is -2.23. The normalized spacial score (nSPS) is 14.5. The van der Waals surface area contributed by atoms with E-state index in [0.29, 0.717) is 29.4 Å². The van der Waals surface area contributed by atoms with Crippen LogP contribution in [0.3, 0.4) is 0 Å². The predicted molar refractivity (Wildman–Crippen MR) is 110 cm³/mol. The maximum Gasteiger partial charge on any atom is 0.251 e. The molecule has 1 aromatic carbocycles. The molecule has 1 aliphatic carbocycles. The molecule has 1 amide bonds. The quantitative estimate of drug-likeness (QED) is 0.622. The lowest BCUT2D eigenvalue weighted by Gasteiger charge is -2.22. The molecule has 7 nitrogen and oxygen atoms in total. The fourth-order valence-electron chi connectivity index (χ4n) is 3.89. The van der Waals surface area contributed by atoms with Gasteiger partial charge in [0, 0.05) is 30.1 Å². The van der Waals surface area contributed by atoms with Gasteiger partial charge in [-0.3, -0.25) is 9.78 Å². The largest absolute Gasteiger partial charge is 0.346 e. The van der Waals surface area contributed by atoms with Crippen molar-refractivity contribution in [1.82, 2.24) is 19.9 Å². The van der Waals surface area contributed by atoms with Crippen LogP contribution in [0, 0.1) is 4.91 Å². The molecule has 0 aliphatic heterocycles. The average Bonchev–Trinajstić information content (AvgIpc) is 3.28. The van der Waals surface area contributed by atoms with Crippen LogP contribution < -0.4 is 5.32 Å². The molecule has 2 aromatic heterocycles. The van der Waals surface area contributed by atoms with Crippen LogP contribution in [0.2, 0.25) is 0 Å². The molecule has 1 saturated carbocycles. The first-order valence-corrected chi connectivity index (χ1v) is 9.95. The van der Waals surface area contributed by atoms with E-state index in [0.717, 1.165) is 24.4 Å². The lowest BCUT2D eigenvalue weighted by atomic mass is 9.88. The van der Waals surface area contributed by atoms with E-state index in [4.69, 9.17) is 0 Å². The summed E-state index contributed by atoms with van der Waals surface area (Å²) in [5, 5.41) is 6.03. The summed E-state index contributed by atoms with van der Waals surface area (Å²) in [5.41, 5.74) is 2.12. The fraction of sp³-hybridized carbons (Fsp3) is 0.318. The maximum absolute atomic E-state index is 12.7. The van der Waals surface area contributed by atoms with Gasteiger partial charge in [-0.2, -0.15) is 0 Å². The molecule has 2 heterocycles. The molecular weight excluding hydrogens is 366 g/mol. The van der Waals surface area contributed by atoms with Crippen LogP contribution in [0.15, 0.2) is 60.2 Å². The zero-order chi connectivity index (χ0) is 20.1. The Balaban J connectivity index is 1.60. The highest BCUT2D eigenvalue weighted by atomic mass is 16.3. The second kappa shape index (κ2) is 8.77. The fourth-order valence-corrected chi connectivity index (χ4v) is 3.89. The number of carbonyl (C=O) groups is 1. The van der Waals surface area contributed by atoms with E-state index in [1.165, 1.54) is 19.3 Å². The number of nitroso groups, excluding NO2 is 1. The van der Waals surface area contributed by atoms with Crippen LogP contribution in [-0.4, -0.2) is 20.4 Å². The molecule has 4 rings (SSSR count). The van der Waals surface area contributed by atoms with Gasteiger partial charge >= 0.3 is 0 Å². The highest BCUT2D eigenvalue weighted by Gasteiger charge is 2.22. The number of amides is 1. The number of carbonyl (C=O) groups excluding carboxylic acids is 1. The van der Waals surface area contributed by atoms with E-state index in [2.05, 4.69) is 20.5 Å². The van der Waals surface area contributed by atoms with Crippen molar-refractivity contribution in [3.63, 3.8) is 0 Å². The predicted octanol–water partition coefficient (Wildman–Crippen LogP) is 4.64. The smallest absolute Gasteiger partial charge is 0.251 e. The number of nitrogens with one attached hydrogen (secondary N) is 1. The summed E-state index contributed by atoms with van der Waals surface area (Å²) < 4.78 is 1.91. The molecule has 0 radical (unpaired) electrons. The molecule has 1 aliphatic rings. The molecule has 0 spiro atoms. The average molecular weight is 389 g/mol. The number of nitrogens with zero attached hydrogens (tertiary/aromatic N) is 4. The summed E-state index contributed by atoms with van der Waals surface area (Å²) in [7, 11) is 0. The van der Waals surface area contributed by atoms with Crippen molar-refractivity contribution in [2.75, 3.05) is 0 Å². The molecular formula is C22H23N5O2. The van der Waals surface area contributed by atoms with Gasteiger partial charge in [0.2, 0.25) is 0 Å². The number of benzene rings is 1. The number of hydrogen-bond acceptors (Lipinski definition) is 5. The summed E-state index contributed by atoms with van der Waals surface area (Å²) >= 11 is 0. The Hall–Kier alpha value is -3.35. The summed E-state index contributed by atoms with van der Waals surface area (Å²) in [6, 6.07) is 10.5. The first-order valence-electron chi connectivity index (χ1n) is 9.95. The SMILES string of the molecule is O=Nc1ccc(C(=O)NCc2ccccn2)cc1-n1ccnc1C1CCCCC1. The van der Waals surface area contributed by atoms with Crippen molar-refractivity contribution < 1.29 is 4.79 Å². The van der Waals surface area contributed by atoms with E-state index in [1.807, 2.05) is 29.0 Å². The molecule has 7 heteroatoms. The minimum Gasteiger partial charge on any atom is -0.346 e. The van der Waals surface area contributed by atoms with Crippen LogP contribution in [0.5, 0.6) is 0 Å². The number of imidazole rings is 1. The van der Waals surface area contributed by atoms with E-state index in [9.17, 15) is 9.70 Å². The summed E-state index contributed by atoms with van der Waals surface area (Å²) in [4.78, 5) is 32.8. The number of aromatic nitrogens is 3. The third-order valence-electron chi connectivity index (χ3n) is 5.39. The molecule has 0 bridgehead atoms. The first-order chi connectivity index (χ1) is 14.3. The highest BCUT2D eigenvalue weighted by molar-refractivity contribution is 5.95. The van der Waals surface area contributed by atoms with Crippen LogP contribution in [0.25, 0.3) is 5.69 Å². The van der Waals surface area contributed by atoms with Crippen LogP contribution in [-0.2, 0) is 6.54 Å². The molecule has 0 saturated heterocycles. The minimum atomic E-state index is -0.228. The monoisotopic (exact) mass is 389 g/mol. The first kappa shape index (κ1) is 19.0. The molecule has 1 fully saturated rings. The molecule has 0 unspecified atom stereocenters. The summed E-state index contributed by atoms with van der Waals surface area (Å²) in [6.07, 6.45) is 11.1. The Kier molecular flexibility index (Phi) is 5.74.